The molecule has 20 heavy (non-hydrogen) atoms. The molecule has 0 radical (unpaired) electrons. The van der Waals surface area contributed by atoms with Gasteiger partial charge in [-0.15, -0.1) is 0 Å². The number of anilines is 1. The highest BCUT2D eigenvalue weighted by Gasteiger charge is 2.15. The number of benzene rings is 1. The number of nitrogens with two attached hydrogens (primary N) is 1. The van der Waals surface area contributed by atoms with Crippen molar-refractivity contribution in [2.75, 3.05) is 5.32 Å². The Kier molecular flexibility index (Phi) is 5.56. The monoisotopic (exact) mass is 276 g/mol. The normalized spacial score (nSPS) is 17.1. The molecule has 1 unspecified atom stereocenters. The standard InChI is InChI=1S/C16H24N2O2/c1-12(17)10-16(19)18-14-8-6-13(7-9-14)11-20-15-4-2-3-5-15/h6-9,12,15H,2-5,10-11,17H2,1H3,(H,18,19). The van der Waals surface area contributed by atoms with E-state index in [0.717, 1.165) is 11.3 Å². The molecule has 1 aromatic carbocycles. The Balaban J connectivity index is 1.78. The van der Waals surface area contributed by atoms with Gasteiger partial charge in [0.25, 0.3) is 0 Å². The van der Waals surface area contributed by atoms with Gasteiger partial charge in [-0.2, -0.15) is 0 Å². The molecule has 0 aliphatic heterocycles. The van der Waals surface area contributed by atoms with Crippen molar-refractivity contribution >= 4 is 11.6 Å². The molecule has 1 fully saturated rings. The summed E-state index contributed by atoms with van der Waals surface area (Å²) in [5, 5.41) is 2.84. The summed E-state index contributed by atoms with van der Waals surface area (Å²) < 4.78 is 5.86. The molecular weight excluding hydrogens is 252 g/mol. The number of hydrogen-bond acceptors (Lipinski definition) is 3. The Bertz CT molecular complexity index is 423. The molecule has 2 rings (SSSR count). The summed E-state index contributed by atoms with van der Waals surface area (Å²) in [5.74, 6) is -0.0463. The second-order valence-corrected chi connectivity index (χ2v) is 5.64. The molecule has 1 amide bonds. The Morgan fingerprint density at radius 1 is 1.35 bits per heavy atom. The quantitative estimate of drug-likeness (QED) is 0.839. The Labute approximate surface area is 120 Å². The number of carbonyl (C=O) groups excluding carboxylic acids is 1. The van der Waals surface area contributed by atoms with Crippen LogP contribution in [-0.2, 0) is 16.1 Å². The molecule has 4 heteroatoms. The number of hydrogen-bond donors (Lipinski definition) is 2. The van der Waals surface area contributed by atoms with E-state index < -0.39 is 0 Å². The van der Waals surface area contributed by atoms with Gasteiger partial charge in [-0.3, -0.25) is 4.79 Å². The van der Waals surface area contributed by atoms with E-state index >= 15 is 0 Å². The first kappa shape index (κ1) is 15.0. The Morgan fingerprint density at radius 2 is 2.00 bits per heavy atom. The van der Waals surface area contributed by atoms with Gasteiger partial charge in [-0.25, -0.2) is 0 Å². The zero-order chi connectivity index (χ0) is 14.4. The molecule has 0 heterocycles. The van der Waals surface area contributed by atoms with Crippen molar-refractivity contribution in [1.82, 2.24) is 0 Å². The molecule has 1 aromatic rings. The third-order valence-electron chi connectivity index (χ3n) is 3.53. The van der Waals surface area contributed by atoms with Crippen molar-refractivity contribution in [1.29, 1.82) is 0 Å². The molecule has 0 spiro atoms. The van der Waals surface area contributed by atoms with E-state index in [1.54, 1.807) is 0 Å². The van der Waals surface area contributed by atoms with Crippen LogP contribution in [0.4, 0.5) is 5.69 Å². The Morgan fingerprint density at radius 3 is 2.60 bits per heavy atom. The number of rotatable bonds is 6. The SMILES string of the molecule is CC(N)CC(=O)Nc1ccc(COC2CCCC2)cc1. The molecule has 0 aromatic heterocycles. The average molecular weight is 276 g/mol. The van der Waals surface area contributed by atoms with Gasteiger partial charge in [-0.1, -0.05) is 25.0 Å². The summed E-state index contributed by atoms with van der Waals surface area (Å²) in [7, 11) is 0. The predicted molar refractivity (Wildman–Crippen MR) is 80.4 cm³/mol. The van der Waals surface area contributed by atoms with Crippen molar-refractivity contribution in [3.8, 4) is 0 Å². The molecule has 1 saturated carbocycles. The number of nitrogens with one attached hydrogen (secondary N) is 1. The van der Waals surface area contributed by atoms with E-state index in [-0.39, 0.29) is 11.9 Å². The van der Waals surface area contributed by atoms with E-state index in [1.165, 1.54) is 25.7 Å². The summed E-state index contributed by atoms with van der Waals surface area (Å²) in [6, 6.07) is 7.69. The van der Waals surface area contributed by atoms with E-state index in [1.807, 2.05) is 31.2 Å². The van der Waals surface area contributed by atoms with Crippen LogP contribution < -0.4 is 11.1 Å². The van der Waals surface area contributed by atoms with Crippen LogP contribution in [0, 0.1) is 0 Å². The fourth-order valence-corrected chi connectivity index (χ4v) is 2.46. The van der Waals surface area contributed by atoms with Gasteiger partial charge in [0.15, 0.2) is 0 Å². The predicted octanol–water partition coefficient (Wildman–Crippen LogP) is 2.82. The summed E-state index contributed by atoms with van der Waals surface area (Å²) >= 11 is 0. The lowest BCUT2D eigenvalue weighted by molar-refractivity contribution is -0.116. The minimum atomic E-state index is -0.117. The fraction of sp³-hybridized carbons (Fsp3) is 0.562. The maximum Gasteiger partial charge on any atom is 0.225 e. The van der Waals surface area contributed by atoms with E-state index in [4.69, 9.17) is 10.5 Å². The van der Waals surface area contributed by atoms with Gasteiger partial charge in [-0.05, 0) is 37.5 Å². The zero-order valence-electron chi connectivity index (χ0n) is 12.1. The van der Waals surface area contributed by atoms with Crippen molar-refractivity contribution < 1.29 is 9.53 Å². The second kappa shape index (κ2) is 7.41. The lowest BCUT2D eigenvalue weighted by atomic mass is 10.2. The second-order valence-electron chi connectivity index (χ2n) is 5.64. The van der Waals surface area contributed by atoms with E-state index in [9.17, 15) is 4.79 Å². The molecule has 1 atom stereocenters. The smallest absolute Gasteiger partial charge is 0.225 e. The average Bonchev–Trinajstić information content (AvgIpc) is 2.90. The van der Waals surface area contributed by atoms with Crippen LogP contribution >= 0.6 is 0 Å². The Hall–Kier alpha value is -1.39. The minimum absolute atomic E-state index is 0.0463. The lowest BCUT2D eigenvalue weighted by Crippen LogP contribution is -2.23. The van der Waals surface area contributed by atoms with Crippen LogP contribution in [0.25, 0.3) is 0 Å². The van der Waals surface area contributed by atoms with Crippen molar-refractivity contribution in [2.45, 2.75) is 57.8 Å². The highest BCUT2D eigenvalue weighted by Crippen LogP contribution is 2.22. The van der Waals surface area contributed by atoms with Gasteiger partial charge in [0.2, 0.25) is 5.91 Å². The molecule has 3 N–H and O–H groups in total. The van der Waals surface area contributed by atoms with Crippen LogP contribution in [0.15, 0.2) is 24.3 Å². The maximum atomic E-state index is 11.6. The molecule has 0 saturated heterocycles. The van der Waals surface area contributed by atoms with Crippen LogP contribution in [0.2, 0.25) is 0 Å². The van der Waals surface area contributed by atoms with Crippen molar-refractivity contribution in [3.05, 3.63) is 29.8 Å². The summed E-state index contributed by atoms with van der Waals surface area (Å²) in [4.78, 5) is 11.6. The van der Waals surface area contributed by atoms with Crippen molar-refractivity contribution in [2.24, 2.45) is 5.73 Å². The zero-order valence-corrected chi connectivity index (χ0v) is 12.1. The molecular formula is C16H24N2O2. The third-order valence-corrected chi connectivity index (χ3v) is 3.53. The first-order chi connectivity index (χ1) is 9.63. The van der Waals surface area contributed by atoms with Gasteiger partial charge >= 0.3 is 0 Å². The number of amides is 1. The highest BCUT2D eigenvalue weighted by molar-refractivity contribution is 5.91. The van der Waals surface area contributed by atoms with Crippen LogP contribution in [0.5, 0.6) is 0 Å². The fourth-order valence-electron chi connectivity index (χ4n) is 2.46. The van der Waals surface area contributed by atoms with E-state index in [2.05, 4.69) is 5.32 Å². The third kappa shape index (κ3) is 4.94. The molecule has 0 bridgehead atoms. The van der Waals surface area contributed by atoms with Crippen LogP contribution in [0.1, 0.15) is 44.6 Å². The highest BCUT2D eigenvalue weighted by atomic mass is 16.5. The topological polar surface area (TPSA) is 64.4 Å². The largest absolute Gasteiger partial charge is 0.374 e. The lowest BCUT2D eigenvalue weighted by Gasteiger charge is -2.12. The summed E-state index contributed by atoms with van der Waals surface area (Å²) in [5.41, 5.74) is 7.54. The number of ether oxygens (including phenoxy) is 1. The molecule has 4 nitrogen and oxygen atoms in total. The van der Waals surface area contributed by atoms with Crippen LogP contribution in [0.3, 0.4) is 0 Å². The molecule has 110 valence electrons. The first-order valence-corrected chi connectivity index (χ1v) is 7.39. The van der Waals surface area contributed by atoms with Gasteiger partial charge < -0.3 is 15.8 Å². The van der Waals surface area contributed by atoms with Gasteiger partial charge in [0, 0.05) is 18.2 Å². The molecule has 1 aliphatic carbocycles. The summed E-state index contributed by atoms with van der Waals surface area (Å²) in [6.07, 6.45) is 5.72. The summed E-state index contributed by atoms with van der Waals surface area (Å²) in [6.45, 7) is 2.47. The first-order valence-electron chi connectivity index (χ1n) is 7.39. The van der Waals surface area contributed by atoms with E-state index in [0.29, 0.717) is 19.1 Å². The maximum absolute atomic E-state index is 11.6. The number of carbonyl (C=O) groups is 1. The van der Waals surface area contributed by atoms with Crippen molar-refractivity contribution in [3.63, 3.8) is 0 Å². The van der Waals surface area contributed by atoms with Gasteiger partial charge in [0.05, 0.1) is 12.7 Å². The van der Waals surface area contributed by atoms with Gasteiger partial charge in [0.1, 0.15) is 0 Å². The van der Waals surface area contributed by atoms with Crippen LogP contribution in [-0.4, -0.2) is 18.1 Å². The molecule has 1 aliphatic rings. The minimum Gasteiger partial charge on any atom is -0.374 e.